The van der Waals surface area contributed by atoms with Gasteiger partial charge in [-0.05, 0) is 54.7 Å². The molecule has 2 heterocycles. The van der Waals surface area contributed by atoms with Gasteiger partial charge in [-0.15, -0.1) is 0 Å². The van der Waals surface area contributed by atoms with E-state index >= 15 is 0 Å². The Morgan fingerprint density at radius 1 is 0.846 bits per heavy atom. The number of hydrogen-bond acceptors (Lipinski definition) is 5. The highest BCUT2D eigenvalue weighted by atomic mass is 16.3. The highest BCUT2D eigenvalue weighted by Gasteiger charge is 2.67. The van der Waals surface area contributed by atoms with Crippen LogP contribution in [0.25, 0.3) is 10.8 Å². The lowest BCUT2D eigenvalue weighted by Gasteiger charge is -2.49. The number of allylic oxidation sites excluding steroid dienone is 2. The third-order valence-corrected chi connectivity index (χ3v) is 9.75. The van der Waals surface area contributed by atoms with Crippen LogP contribution in [0.4, 0.5) is 5.69 Å². The molecule has 7 nitrogen and oxygen atoms in total. The minimum atomic E-state index is -1.19. The van der Waals surface area contributed by atoms with E-state index in [0.717, 1.165) is 16.3 Å². The van der Waals surface area contributed by atoms with Crippen LogP contribution >= 0.6 is 0 Å². The fourth-order valence-corrected chi connectivity index (χ4v) is 7.89. The van der Waals surface area contributed by atoms with Gasteiger partial charge in [0.05, 0.1) is 28.9 Å². The number of hydrogen-bond donors (Lipinski definition) is 1. The van der Waals surface area contributed by atoms with E-state index in [1.54, 1.807) is 30.3 Å². The lowest BCUT2D eigenvalue weighted by molar-refractivity contribution is -0.138. The van der Waals surface area contributed by atoms with E-state index in [9.17, 15) is 24.3 Å². The van der Waals surface area contributed by atoms with Gasteiger partial charge in [0.1, 0.15) is 5.75 Å². The lowest BCUT2D eigenvalue weighted by atomic mass is 9.51. The molecule has 7 heteroatoms. The summed E-state index contributed by atoms with van der Waals surface area (Å²) >= 11 is 0. The van der Waals surface area contributed by atoms with Crippen molar-refractivity contribution in [2.24, 2.45) is 29.1 Å². The van der Waals surface area contributed by atoms with Crippen LogP contribution in [0.15, 0.2) is 78.4 Å². The van der Waals surface area contributed by atoms with E-state index in [-0.39, 0.29) is 35.3 Å². The number of imide groups is 2. The van der Waals surface area contributed by atoms with Crippen LogP contribution in [-0.2, 0) is 19.2 Å². The van der Waals surface area contributed by atoms with Crippen LogP contribution in [-0.4, -0.2) is 40.7 Å². The molecule has 3 aromatic rings. The van der Waals surface area contributed by atoms with Crippen molar-refractivity contribution in [2.45, 2.75) is 25.7 Å². The Morgan fingerprint density at radius 2 is 1.56 bits per heavy atom. The predicted octanol–water partition coefficient (Wildman–Crippen LogP) is 4.41. The van der Waals surface area contributed by atoms with Crippen LogP contribution < -0.4 is 4.90 Å². The zero-order valence-corrected chi connectivity index (χ0v) is 21.7. The topological polar surface area (TPSA) is 95.0 Å². The Morgan fingerprint density at radius 3 is 2.33 bits per heavy atom. The number of nitrogens with zero attached hydrogens (tertiary/aromatic N) is 2. The quantitative estimate of drug-likeness (QED) is 0.399. The summed E-state index contributed by atoms with van der Waals surface area (Å²) < 4.78 is 0. The molecule has 0 spiro atoms. The van der Waals surface area contributed by atoms with Crippen molar-refractivity contribution < 1.29 is 24.3 Å². The zero-order valence-electron chi connectivity index (χ0n) is 21.7. The first-order valence-electron chi connectivity index (χ1n) is 13.4. The number of para-hydroxylation sites is 1. The van der Waals surface area contributed by atoms with Gasteiger partial charge in [0.15, 0.2) is 0 Å². The summed E-state index contributed by atoms with van der Waals surface area (Å²) in [5, 5.41) is 13.1. The highest BCUT2D eigenvalue weighted by molar-refractivity contribution is 6.24. The van der Waals surface area contributed by atoms with Crippen molar-refractivity contribution in [3.63, 3.8) is 0 Å². The average molecular weight is 521 g/mol. The highest BCUT2D eigenvalue weighted by Crippen LogP contribution is 2.65. The number of amides is 4. The number of carbonyl (C=O) groups excluding carboxylic acids is 4. The van der Waals surface area contributed by atoms with Gasteiger partial charge >= 0.3 is 0 Å². The molecule has 4 amide bonds. The molecule has 2 aliphatic heterocycles. The smallest absolute Gasteiger partial charge is 0.241 e. The van der Waals surface area contributed by atoms with E-state index in [0.29, 0.717) is 24.1 Å². The van der Waals surface area contributed by atoms with Gasteiger partial charge in [0.2, 0.25) is 23.6 Å². The van der Waals surface area contributed by atoms with E-state index in [4.69, 9.17) is 0 Å². The Labute approximate surface area is 225 Å². The molecule has 0 radical (unpaired) electrons. The van der Waals surface area contributed by atoms with Gasteiger partial charge in [-0.2, -0.15) is 0 Å². The monoisotopic (exact) mass is 520 g/mol. The first-order chi connectivity index (χ1) is 18.7. The second kappa shape index (κ2) is 8.12. The molecule has 39 heavy (non-hydrogen) atoms. The Kier molecular flexibility index (Phi) is 4.96. The number of fused-ring (bicyclic) bond motifs is 5. The van der Waals surface area contributed by atoms with Gasteiger partial charge < -0.3 is 5.11 Å². The van der Waals surface area contributed by atoms with Gasteiger partial charge in [0, 0.05) is 18.5 Å². The van der Waals surface area contributed by atoms with Crippen molar-refractivity contribution in [1.82, 2.24) is 4.90 Å². The summed E-state index contributed by atoms with van der Waals surface area (Å²) in [7, 11) is 1.52. The molecule has 6 atom stereocenters. The maximum atomic E-state index is 14.4. The molecule has 6 unspecified atom stereocenters. The Bertz CT molecular complexity index is 1630. The number of aromatic hydroxyl groups is 1. The van der Waals surface area contributed by atoms with Crippen molar-refractivity contribution in [3.8, 4) is 5.75 Å². The molecular formula is C32H28N2O5. The van der Waals surface area contributed by atoms with Crippen molar-refractivity contribution >= 4 is 40.1 Å². The predicted molar refractivity (Wildman–Crippen MR) is 144 cm³/mol. The minimum absolute atomic E-state index is 0.0479. The lowest BCUT2D eigenvalue weighted by Crippen LogP contribution is -2.48. The largest absolute Gasteiger partial charge is 0.508 e. The van der Waals surface area contributed by atoms with E-state index in [1.807, 2.05) is 49.4 Å². The number of phenolic OH excluding ortho intramolecular Hbond substituents is 1. The number of carbonyl (C=O) groups is 4. The van der Waals surface area contributed by atoms with Crippen LogP contribution in [0, 0.1) is 29.1 Å². The van der Waals surface area contributed by atoms with Crippen molar-refractivity contribution in [1.29, 1.82) is 0 Å². The first kappa shape index (κ1) is 23.8. The Balaban J connectivity index is 1.49. The number of rotatable bonds is 2. The van der Waals surface area contributed by atoms with E-state index in [2.05, 4.69) is 0 Å². The van der Waals surface area contributed by atoms with Crippen molar-refractivity contribution in [2.75, 3.05) is 11.9 Å². The summed E-state index contributed by atoms with van der Waals surface area (Å²) in [6.07, 6.45) is 2.69. The molecular weight excluding hydrogens is 492 g/mol. The fourth-order valence-electron chi connectivity index (χ4n) is 7.89. The maximum Gasteiger partial charge on any atom is 0.241 e. The number of anilines is 1. The molecule has 2 aliphatic carbocycles. The molecule has 4 aliphatic rings. The fraction of sp³-hybridized carbons (Fsp3) is 0.312. The maximum absolute atomic E-state index is 14.4. The molecule has 0 aromatic heterocycles. The molecule has 3 fully saturated rings. The average Bonchev–Trinajstić information content (AvgIpc) is 3.29. The second-order valence-corrected chi connectivity index (χ2v) is 11.5. The number of benzene rings is 3. The zero-order chi connectivity index (χ0) is 27.2. The molecule has 7 rings (SSSR count). The summed E-state index contributed by atoms with van der Waals surface area (Å²) in [4.78, 5) is 57.4. The molecule has 0 bridgehead atoms. The van der Waals surface area contributed by atoms with Crippen LogP contribution in [0.1, 0.15) is 31.2 Å². The van der Waals surface area contributed by atoms with Crippen molar-refractivity contribution in [3.05, 3.63) is 83.9 Å². The van der Waals surface area contributed by atoms with E-state index in [1.165, 1.54) is 16.8 Å². The summed E-state index contributed by atoms with van der Waals surface area (Å²) in [6, 6.07) is 20.1. The SMILES string of the molecule is CN1C(=O)C2CC=C3C(CC4C(=O)N(c5ccccc5)C(=O)C4(C)C3c3c(O)ccc4ccccc34)C2C1=O. The standard InChI is InChI=1S/C32H28N2O5/c1-32-23(29(37)34(31(32)39)18-9-4-3-5-10-18)16-22-20(13-14-21-25(22)30(38)33(2)28(21)36)27(32)26-19-11-7-6-8-17(19)12-15-24(26)35/h3-13,15,21-23,25,27,35H,14,16H2,1-2H3. The minimum Gasteiger partial charge on any atom is -0.508 e. The number of likely N-dealkylation sites (tertiary alicyclic amines) is 1. The second-order valence-electron chi connectivity index (χ2n) is 11.5. The summed E-state index contributed by atoms with van der Waals surface area (Å²) in [6.45, 7) is 1.84. The first-order valence-corrected chi connectivity index (χ1v) is 13.4. The van der Waals surface area contributed by atoms with Crippen LogP contribution in [0.3, 0.4) is 0 Å². The van der Waals surface area contributed by atoms with Gasteiger partial charge in [0.25, 0.3) is 0 Å². The van der Waals surface area contributed by atoms with Gasteiger partial charge in [-0.25, -0.2) is 4.90 Å². The van der Waals surface area contributed by atoms with Crippen LogP contribution in [0.2, 0.25) is 0 Å². The molecule has 1 N–H and O–H groups in total. The normalized spacial score (nSPS) is 31.8. The molecule has 196 valence electrons. The number of phenols is 1. The van der Waals surface area contributed by atoms with E-state index < -0.39 is 29.1 Å². The van der Waals surface area contributed by atoms with Gasteiger partial charge in [-0.3, -0.25) is 24.1 Å². The Hall–Kier alpha value is -4.26. The molecule has 1 saturated carbocycles. The van der Waals surface area contributed by atoms with Crippen LogP contribution in [0.5, 0.6) is 5.75 Å². The van der Waals surface area contributed by atoms with Gasteiger partial charge in [-0.1, -0.05) is 60.2 Å². The molecule has 2 saturated heterocycles. The molecule has 3 aromatic carbocycles. The third-order valence-electron chi connectivity index (χ3n) is 9.75. The summed E-state index contributed by atoms with van der Waals surface area (Å²) in [5.74, 6) is -3.81. The third kappa shape index (κ3) is 2.98. The summed E-state index contributed by atoms with van der Waals surface area (Å²) in [5.41, 5.74) is 0.775.